The Balaban J connectivity index is 1.35. The number of nitrogens with one attached hydrogen (secondary N) is 1. The molecule has 0 radical (unpaired) electrons. The second-order valence-corrected chi connectivity index (χ2v) is 11.6. The first-order valence-electron chi connectivity index (χ1n) is 14.0. The fourth-order valence-electron chi connectivity index (χ4n) is 5.34. The molecular formula is C31H32F3N3O5S. The summed E-state index contributed by atoms with van der Waals surface area (Å²) < 4.78 is 52.1. The van der Waals surface area contributed by atoms with Crippen LogP contribution in [0.3, 0.4) is 0 Å². The molecule has 5 atom stereocenters. The van der Waals surface area contributed by atoms with Gasteiger partial charge in [0.1, 0.15) is 6.04 Å². The molecule has 5 unspecified atom stereocenters. The third kappa shape index (κ3) is 7.38. The van der Waals surface area contributed by atoms with Gasteiger partial charge in [-0.3, -0.25) is 9.59 Å². The van der Waals surface area contributed by atoms with Crippen LogP contribution in [0.5, 0.6) is 0 Å². The molecule has 0 bridgehead atoms. The van der Waals surface area contributed by atoms with E-state index < -0.39 is 30.3 Å². The van der Waals surface area contributed by atoms with Crippen LogP contribution in [0.25, 0.3) is 0 Å². The summed E-state index contributed by atoms with van der Waals surface area (Å²) in [7, 11) is 0. The summed E-state index contributed by atoms with van der Waals surface area (Å²) in [5.74, 6) is -2.14. The molecule has 2 aromatic carbocycles. The van der Waals surface area contributed by atoms with Gasteiger partial charge >= 0.3 is 12.1 Å². The van der Waals surface area contributed by atoms with Crippen molar-refractivity contribution in [2.45, 2.75) is 62.1 Å². The molecule has 43 heavy (non-hydrogen) atoms. The average Bonchev–Trinajstić information content (AvgIpc) is 3.50. The maximum atomic E-state index is 13.1. The quantitative estimate of drug-likeness (QED) is 0.316. The van der Waals surface area contributed by atoms with Crippen molar-refractivity contribution < 1.29 is 37.3 Å². The molecule has 2 amide bonds. The molecule has 1 aromatic heterocycles. The zero-order chi connectivity index (χ0) is 30.6. The number of anilines is 1. The number of benzene rings is 2. The highest BCUT2D eigenvalue weighted by molar-refractivity contribution is 7.99. The number of amides is 2. The number of alkyl halides is 3. The molecule has 0 saturated carbocycles. The number of halogens is 3. The zero-order valence-corrected chi connectivity index (χ0v) is 24.2. The van der Waals surface area contributed by atoms with Crippen LogP contribution >= 0.6 is 11.8 Å². The normalized spacial score (nSPS) is 24.1. The van der Waals surface area contributed by atoms with Crippen LogP contribution in [-0.4, -0.2) is 57.4 Å². The highest BCUT2D eigenvalue weighted by atomic mass is 32.2. The molecular weight excluding hydrogens is 583 g/mol. The Kier molecular flexibility index (Phi) is 9.70. The van der Waals surface area contributed by atoms with Gasteiger partial charge in [-0.1, -0.05) is 49.4 Å². The molecule has 2 aliphatic rings. The zero-order valence-electron chi connectivity index (χ0n) is 23.4. The minimum Gasteiger partial charge on any atom is -0.392 e. The number of carbonyl (C=O) groups excluding carboxylic acids is 2. The minimum atomic E-state index is -5.05. The van der Waals surface area contributed by atoms with Gasteiger partial charge < -0.3 is 24.8 Å². The van der Waals surface area contributed by atoms with Crippen LogP contribution in [0, 0.1) is 5.92 Å². The number of pyridine rings is 1. The number of ether oxygens (including phenoxy) is 2. The molecule has 2 fully saturated rings. The van der Waals surface area contributed by atoms with Crippen LogP contribution in [-0.2, 0) is 25.7 Å². The van der Waals surface area contributed by atoms with E-state index in [0.717, 1.165) is 16.2 Å². The molecule has 0 spiro atoms. The third-order valence-corrected chi connectivity index (χ3v) is 8.67. The maximum absolute atomic E-state index is 13.1. The highest BCUT2D eigenvalue weighted by Gasteiger charge is 2.47. The number of thioether (sulfide) groups is 1. The summed E-state index contributed by atoms with van der Waals surface area (Å²) >= 11 is 1.57. The van der Waals surface area contributed by atoms with Crippen LogP contribution in [0.15, 0.2) is 78.0 Å². The largest absolute Gasteiger partial charge is 0.471 e. The lowest BCUT2D eigenvalue weighted by atomic mass is 9.91. The molecule has 3 heterocycles. The fourth-order valence-corrected chi connectivity index (χ4v) is 6.37. The summed E-state index contributed by atoms with van der Waals surface area (Å²) in [6.07, 6.45) is -4.26. The molecule has 8 nitrogen and oxygen atoms in total. The molecule has 2 aliphatic heterocycles. The standard InChI is InChI=1S/C31H32F3N3O5S/c1-19-25(18-43-26-9-2-3-14-35-26)41-29(42-27(19)21-12-10-20(17-38)11-13-21)22-6-4-7-23(16-22)36-28(39)24-8-5-15-37(24)30(40)31(32,33)34/h2-4,6-7,9-14,16,19,24-25,27,29,38H,5,8,15,17-18H2,1H3,(H,36,39). The Bertz CT molecular complexity index is 1410. The summed E-state index contributed by atoms with van der Waals surface area (Å²) in [6, 6.07) is 18.8. The van der Waals surface area contributed by atoms with Crippen molar-refractivity contribution in [2.24, 2.45) is 5.92 Å². The van der Waals surface area contributed by atoms with Gasteiger partial charge in [0, 0.05) is 35.7 Å². The fraction of sp³-hybridized carbons (Fsp3) is 0.387. The maximum Gasteiger partial charge on any atom is 0.471 e. The number of likely N-dealkylation sites (tertiary alicyclic amines) is 1. The van der Waals surface area contributed by atoms with E-state index in [1.54, 1.807) is 42.2 Å². The molecule has 2 N–H and O–H groups in total. The van der Waals surface area contributed by atoms with Crippen LogP contribution in [0.2, 0.25) is 0 Å². The second-order valence-electron chi connectivity index (χ2n) is 10.6. The average molecular weight is 616 g/mol. The van der Waals surface area contributed by atoms with Gasteiger partial charge in [0.25, 0.3) is 0 Å². The van der Waals surface area contributed by atoms with E-state index in [9.17, 15) is 27.9 Å². The number of carbonyl (C=O) groups is 2. The monoisotopic (exact) mass is 615 g/mol. The lowest BCUT2D eigenvalue weighted by molar-refractivity contribution is -0.268. The van der Waals surface area contributed by atoms with Crippen molar-refractivity contribution in [3.05, 3.63) is 89.6 Å². The Hall–Kier alpha value is -3.45. The first-order valence-corrected chi connectivity index (χ1v) is 15.0. The summed E-state index contributed by atoms with van der Waals surface area (Å²) in [5, 5.41) is 13.0. The Morgan fingerprint density at radius 2 is 1.86 bits per heavy atom. The molecule has 12 heteroatoms. The van der Waals surface area contributed by atoms with E-state index in [2.05, 4.69) is 17.2 Å². The number of rotatable bonds is 8. The van der Waals surface area contributed by atoms with E-state index in [-0.39, 0.29) is 37.7 Å². The summed E-state index contributed by atoms with van der Waals surface area (Å²) in [4.78, 5) is 29.8. The van der Waals surface area contributed by atoms with Crippen LogP contribution < -0.4 is 5.32 Å². The lowest BCUT2D eigenvalue weighted by Gasteiger charge is -2.41. The van der Waals surface area contributed by atoms with Gasteiger partial charge in [0.2, 0.25) is 5.91 Å². The van der Waals surface area contributed by atoms with E-state index in [1.807, 2.05) is 42.5 Å². The van der Waals surface area contributed by atoms with Crippen molar-refractivity contribution in [1.82, 2.24) is 9.88 Å². The van der Waals surface area contributed by atoms with Gasteiger partial charge in [0.05, 0.1) is 23.8 Å². The topological polar surface area (TPSA) is 101 Å². The Morgan fingerprint density at radius 1 is 1.07 bits per heavy atom. The number of nitrogens with zero attached hydrogens (tertiary/aromatic N) is 2. The first-order chi connectivity index (χ1) is 20.6. The van der Waals surface area contributed by atoms with Gasteiger partial charge in [-0.2, -0.15) is 13.2 Å². The van der Waals surface area contributed by atoms with Crippen molar-refractivity contribution in [1.29, 1.82) is 0 Å². The van der Waals surface area contributed by atoms with Crippen molar-refractivity contribution in [3.8, 4) is 0 Å². The van der Waals surface area contributed by atoms with E-state index >= 15 is 0 Å². The smallest absolute Gasteiger partial charge is 0.392 e. The van der Waals surface area contributed by atoms with Gasteiger partial charge in [-0.25, -0.2) is 4.98 Å². The van der Waals surface area contributed by atoms with Crippen LogP contribution in [0.1, 0.15) is 48.8 Å². The highest BCUT2D eigenvalue weighted by Crippen LogP contribution is 2.43. The Morgan fingerprint density at radius 3 is 2.56 bits per heavy atom. The van der Waals surface area contributed by atoms with Crippen LogP contribution in [0.4, 0.5) is 18.9 Å². The predicted molar refractivity (Wildman–Crippen MR) is 154 cm³/mol. The minimum absolute atomic E-state index is 0.0464. The van der Waals surface area contributed by atoms with Gasteiger partial charge in [-0.05, 0) is 48.2 Å². The molecule has 5 rings (SSSR count). The molecule has 3 aromatic rings. The van der Waals surface area contributed by atoms with Crippen molar-refractivity contribution in [3.63, 3.8) is 0 Å². The lowest BCUT2D eigenvalue weighted by Crippen LogP contribution is -2.48. The van der Waals surface area contributed by atoms with E-state index in [1.165, 1.54) is 0 Å². The Labute approximate surface area is 251 Å². The number of hydrogen-bond donors (Lipinski definition) is 2. The van der Waals surface area contributed by atoms with Gasteiger partial charge in [0.15, 0.2) is 6.29 Å². The molecule has 228 valence electrons. The number of aliphatic hydroxyl groups excluding tert-OH is 1. The number of aliphatic hydroxyl groups is 1. The van der Waals surface area contributed by atoms with E-state index in [4.69, 9.17) is 9.47 Å². The number of hydrogen-bond acceptors (Lipinski definition) is 7. The molecule has 2 saturated heterocycles. The summed E-state index contributed by atoms with van der Waals surface area (Å²) in [6.45, 7) is 1.85. The van der Waals surface area contributed by atoms with Crippen molar-refractivity contribution >= 4 is 29.3 Å². The predicted octanol–water partition coefficient (Wildman–Crippen LogP) is 5.65. The number of aromatic nitrogens is 1. The summed E-state index contributed by atoms with van der Waals surface area (Å²) in [5.41, 5.74) is 2.67. The first kappa shape index (κ1) is 31.0. The SMILES string of the molecule is CC1C(CSc2ccccn2)OC(c2cccc(NC(=O)C3CCCN3C(=O)C(F)(F)F)c2)OC1c1ccc(CO)cc1. The third-order valence-electron chi connectivity index (χ3n) is 7.64. The van der Waals surface area contributed by atoms with Gasteiger partial charge in [-0.15, -0.1) is 11.8 Å². The van der Waals surface area contributed by atoms with Crippen molar-refractivity contribution in [2.75, 3.05) is 17.6 Å². The second kappa shape index (κ2) is 13.5. The van der Waals surface area contributed by atoms with E-state index in [0.29, 0.717) is 28.3 Å². The molecule has 0 aliphatic carbocycles.